The van der Waals surface area contributed by atoms with Crippen molar-refractivity contribution in [1.29, 1.82) is 0 Å². The molecule has 0 bridgehead atoms. The first-order valence-corrected chi connectivity index (χ1v) is 7.39. The van der Waals surface area contributed by atoms with Crippen LogP contribution in [0.1, 0.15) is 40.4 Å². The highest BCUT2D eigenvalue weighted by Crippen LogP contribution is 2.30. The van der Waals surface area contributed by atoms with Crippen LogP contribution in [0.4, 0.5) is 10.1 Å². The maximum absolute atomic E-state index is 13.4. The summed E-state index contributed by atoms with van der Waals surface area (Å²) in [6.07, 6.45) is 2.75. The topological polar surface area (TPSA) is 72.2 Å². The van der Waals surface area contributed by atoms with Crippen LogP contribution in [0.25, 0.3) is 0 Å². The van der Waals surface area contributed by atoms with Crippen LogP contribution in [0, 0.1) is 15.9 Å². The lowest BCUT2D eigenvalue weighted by Gasteiger charge is -2.26. The van der Waals surface area contributed by atoms with Crippen LogP contribution in [0.3, 0.4) is 0 Å². The third-order valence-corrected chi connectivity index (χ3v) is 4.08. The summed E-state index contributed by atoms with van der Waals surface area (Å²) >= 11 is 0. The number of fused-ring (bicyclic) bond motifs is 1. The summed E-state index contributed by atoms with van der Waals surface area (Å²) in [5.74, 6) is -1.38. The molecule has 0 fully saturated rings. The van der Waals surface area contributed by atoms with Crippen molar-refractivity contribution >= 4 is 11.6 Å². The number of amides is 1. The molecule has 0 radical (unpaired) electrons. The molecular weight excluding hydrogens is 299 g/mol. The van der Waals surface area contributed by atoms with Gasteiger partial charge in [0.2, 0.25) is 5.82 Å². The average molecular weight is 314 g/mol. The predicted molar refractivity (Wildman–Crippen MR) is 82.6 cm³/mol. The molecule has 2 aromatic rings. The largest absolute Gasteiger partial charge is 0.345 e. The Labute approximate surface area is 132 Å². The first kappa shape index (κ1) is 15.1. The Kier molecular flexibility index (Phi) is 4.06. The van der Waals surface area contributed by atoms with Crippen molar-refractivity contribution in [1.82, 2.24) is 5.32 Å². The molecule has 2 aromatic carbocycles. The Bertz CT molecular complexity index is 776. The van der Waals surface area contributed by atoms with Crippen LogP contribution in [0.15, 0.2) is 42.5 Å². The molecule has 1 amide bonds. The van der Waals surface area contributed by atoms with E-state index in [4.69, 9.17) is 0 Å². The van der Waals surface area contributed by atoms with Crippen LogP contribution >= 0.6 is 0 Å². The number of rotatable bonds is 3. The number of nitrogens with zero attached hydrogens (tertiary/aromatic N) is 1. The molecule has 1 atom stereocenters. The first-order chi connectivity index (χ1) is 11.1. The van der Waals surface area contributed by atoms with E-state index in [2.05, 4.69) is 5.32 Å². The Morgan fingerprint density at radius 3 is 2.83 bits per heavy atom. The number of nitro benzene ring substituents is 1. The molecule has 118 valence electrons. The quantitative estimate of drug-likeness (QED) is 0.695. The lowest BCUT2D eigenvalue weighted by Crippen LogP contribution is -2.31. The number of aryl methyl sites for hydroxylation is 1. The summed E-state index contributed by atoms with van der Waals surface area (Å²) in [4.78, 5) is 22.3. The highest BCUT2D eigenvalue weighted by molar-refractivity contribution is 5.95. The highest BCUT2D eigenvalue weighted by Gasteiger charge is 2.23. The molecule has 5 nitrogen and oxygen atoms in total. The molecule has 0 heterocycles. The van der Waals surface area contributed by atoms with E-state index in [9.17, 15) is 19.3 Å². The monoisotopic (exact) mass is 314 g/mol. The smallest absolute Gasteiger partial charge is 0.305 e. The Morgan fingerprint density at radius 2 is 2.04 bits per heavy atom. The zero-order chi connectivity index (χ0) is 16.4. The van der Waals surface area contributed by atoms with Gasteiger partial charge in [0.1, 0.15) is 0 Å². The molecular formula is C17H15FN2O3. The maximum Gasteiger partial charge on any atom is 0.305 e. The second kappa shape index (κ2) is 6.16. The van der Waals surface area contributed by atoms with Gasteiger partial charge in [0.15, 0.2) is 0 Å². The normalized spacial score (nSPS) is 16.5. The van der Waals surface area contributed by atoms with Gasteiger partial charge in [-0.1, -0.05) is 24.3 Å². The van der Waals surface area contributed by atoms with Gasteiger partial charge in [0.25, 0.3) is 5.91 Å². The van der Waals surface area contributed by atoms with Gasteiger partial charge in [0, 0.05) is 11.6 Å². The Morgan fingerprint density at radius 1 is 1.26 bits per heavy atom. The van der Waals surface area contributed by atoms with E-state index >= 15 is 0 Å². The minimum absolute atomic E-state index is 0.0844. The van der Waals surface area contributed by atoms with Crippen LogP contribution in [0.2, 0.25) is 0 Å². The number of benzene rings is 2. The van der Waals surface area contributed by atoms with Gasteiger partial charge in [-0.05, 0) is 42.5 Å². The number of carbonyl (C=O) groups is 1. The van der Waals surface area contributed by atoms with Crippen molar-refractivity contribution < 1.29 is 14.1 Å². The zero-order valence-corrected chi connectivity index (χ0v) is 12.3. The molecule has 6 heteroatoms. The fourth-order valence-corrected chi connectivity index (χ4v) is 2.94. The van der Waals surface area contributed by atoms with Gasteiger partial charge in [-0.15, -0.1) is 0 Å². The SMILES string of the molecule is O=C(N[C@H]1CCCc2ccccc21)c1ccc(F)c([N+](=O)[O-])c1. The van der Waals surface area contributed by atoms with E-state index in [1.807, 2.05) is 24.3 Å². The van der Waals surface area contributed by atoms with E-state index in [0.29, 0.717) is 0 Å². The van der Waals surface area contributed by atoms with E-state index < -0.39 is 22.3 Å². The molecule has 23 heavy (non-hydrogen) atoms. The number of nitro groups is 1. The van der Waals surface area contributed by atoms with Gasteiger partial charge >= 0.3 is 5.69 Å². The van der Waals surface area contributed by atoms with E-state index in [1.54, 1.807) is 0 Å². The predicted octanol–water partition coefficient (Wildman–Crippen LogP) is 3.54. The Hall–Kier alpha value is -2.76. The van der Waals surface area contributed by atoms with Crippen molar-refractivity contribution in [2.75, 3.05) is 0 Å². The summed E-state index contributed by atoms with van der Waals surface area (Å²) in [7, 11) is 0. The maximum atomic E-state index is 13.4. The van der Waals surface area contributed by atoms with Crippen LogP contribution in [0.5, 0.6) is 0 Å². The first-order valence-electron chi connectivity index (χ1n) is 7.39. The fourth-order valence-electron chi connectivity index (χ4n) is 2.94. The molecule has 1 aliphatic carbocycles. The number of hydrogen-bond acceptors (Lipinski definition) is 3. The molecule has 1 N–H and O–H groups in total. The fraction of sp³-hybridized carbons (Fsp3) is 0.235. The number of halogens is 1. The van der Waals surface area contributed by atoms with Gasteiger partial charge in [-0.3, -0.25) is 14.9 Å². The number of hydrogen-bond donors (Lipinski definition) is 1. The molecule has 0 saturated carbocycles. The van der Waals surface area contributed by atoms with Gasteiger partial charge in [-0.2, -0.15) is 4.39 Å². The third-order valence-electron chi connectivity index (χ3n) is 4.08. The van der Waals surface area contributed by atoms with E-state index in [1.165, 1.54) is 11.6 Å². The summed E-state index contributed by atoms with van der Waals surface area (Å²) < 4.78 is 13.4. The van der Waals surface area contributed by atoms with Gasteiger partial charge in [0.05, 0.1) is 11.0 Å². The number of carbonyl (C=O) groups excluding carboxylic acids is 1. The van der Waals surface area contributed by atoms with Crippen molar-refractivity contribution in [2.45, 2.75) is 25.3 Å². The average Bonchev–Trinajstić information content (AvgIpc) is 2.55. The molecule has 3 rings (SSSR count). The van der Waals surface area contributed by atoms with Gasteiger partial charge < -0.3 is 5.32 Å². The minimum Gasteiger partial charge on any atom is -0.345 e. The van der Waals surface area contributed by atoms with Crippen molar-refractivity contribution in [2.24, 2.45) is 0 Å². The van der Waals surface area contributed by atoms with Crippen LogP contribution < -0.4 is 5.32 Å². The van der Waals surface area contributed by atoms with Crippen molar-refractivity contribution in [3.05, 3.63) is 75.1 Å². The number of nitrogens with one attached hydrogen (secondary N) is 1. The minimum atomic E-state index is -0.949. The van der Waals surface area contributed by atoms with Gasteiger partial charge in [-0.25, -0.2) is 0 Å². The lowest BCUT2D eigenvalue weighted by atomic mass is 9.87. The second-order valence-electron chi connectivity index (χ2n) is 5.54. The standard InChI is InChI=1S/C17H15FN2O3/c18-14-9-8-12(10-16(14)20(22)23)17(21)19-15-7-3-5-11-4-1-2-6-13(11)15/h1-2,4,6,8-10,15H,3,5,7H2,(H,19,21)/t15-/m0/s1. The third kappa shape index (κ3) is 3.06. The van der Waals surface area contributed by atoms with E-state index in [-0.39, 0.29) is 11.6 Å². The summed E-state index contributed by atoms with van der Waals surface area (Å²) in [5, 5.41) is 13.7. The summed E-state index contributed by atoms with van der Waals surface area (Å²) in [6, 6.07) is 11.0. The molecule has 0 spiro atoms. The highest BCUT2D eigenvalue weighted by atomic mass is 19.1. The van der Waals surface area contributed by atoms with E-state index in [0.717, 1.165) is 37.0 Å². The second-order valence-corrected chi connectivity index (χ2v) is 5.54. The van der Waals surface area contributed by atoms with Crippen molar-refractivity contribution in [3.8, 4) is 0 Å². The van der Waals surface area contributed by atoms with Crippen LogP contribution in [-0.2, 0) is 6.42 Å². The van der Waals surface area contributed by atoms with Crippen molar-refractivity contribution in [3.63, 3.8) is 0 Å². The summed E-state index contributed by atoms with van der Waals surface area (Å²) in [6.45, 7) is 0. The molecule has 0 aromatic heterocycles. The summed E-state index contributed by atoms with van der Waals surface area (Å²) in [5.41, 5.74) is 1.67. The molecule has 0 saturated heterocycles. The lowest BCUT2D eigenvalue weighted by molar-refractivity contribution is -0.387. The zero-order valence-electron chi connectivity index (χ0n) is 12.3. The Balaban J connectivity index is 1.83. The molecule has 0 aliphatic heterocycles. The molecule has 0 unspecified atom stereocenters. The van der Waals surface area contributed by atoms with Crippen LogP contribution in [-0.4, -0.2) is 10.8 Å². The molecule has 1 aliphatic rings.